The molecule has 1 aliphatic carbocycles. The summed E-state index contributed by atoms with van der Waals surface area (Å²) in [5.41, 5.74) is 7.07. The van der Waals surface area contributed by atoms with Gasteiger partial charge in [-0.3, -0.25) is 9.88 Å². The summed E-state index contributed by atoms with van der Waals surface area (Å²) in [5.74, 6) is 0. The molecular formula is C13H19N3O. The van der Waals surface area contributed by atoms with Crippen molar-refractivity contribution in [2.45, 2.75) is 31.0 Å². The van der Waals surface area contributed by atoms with Gasteiger partial charge in [-0.1, -0.05) is 6.07 Å². The smallest absolute Gasteiger partial charge is 0.0895 e. The van der Waals surface area contributed by atoms with Gasteiger partial charge < -0.3 is 10.5 Å². The van der Waals surface area contributed by atoms with Crippen molar-refractivity contribution in [1.82, 2.24) is 9.88 Å². The summed E-state index contributed by atoms with van der Waals surface area (Å²) in [6, 6.07) is 5.14. The van der Waals surface area contributed by atoms with E-state index >= 15 is 0 Å². The van der Waals surface area contributed by atoms with Crippen LogP contribution in [0, 0.1) is 0 Å². The maximum absolute atomic E-state index is 5.84. The Morgan fingerprint density at radius 3 is 3.00 bits per heavy atom. The topological polar surface area (TPSA) is 51.4 Å². The van der Waals surface area contributed by atoms with E-state index in [0.717, 1.165) is 19.2 Å². The molecule has 17 heavy (non-hydrogen) atoms. The second-order valence-corrected chi connectivity index (χ2v) is 4.85. The van der Waals surface area contributed by atoms with Crippen LogP contribution in [0.1, 0.15) is 24.4 Å². The van der Waals surface area contributed by atoms with Crippen LogP contribution in [0.15, 0.2) is 24.5 Å². The lowest BCUT2D eigenvalue weighted by atomic mass is 9.99. The van der Waals surface area contributed by atoms with Crippen LogP contribution < -0.4 is 5.73 Å². The molecule has 2 aliphatic rings. The lowest BCUT2D eigenvalue weighted by Gasteiger charge is -2.41. The van der Waals surface area contributed by atoms with E-state index in [1.54, 1.807) is 0 Å². The molecule has 2 fully saturated rings. The lowest BCUT2D eigenvalue weighted by Crippen LogP contribution is -2.49. The number of morpholine rings is 1. The molecule has 0 aromatic carbocycles. The molecule has 0 amide bonds. The second kappa shape index (κ2) is 4.72. The number of hydrogen-bond acceptors (Lipinski definition) is 4. The highest BCUT2D eigenvalue weighted by Crippen LogP contribution is 2.38. The molecule has 4 nitrogen and oxygen atoms in total. The molecule has 1 aliphatic heterocycles. The van der Waals surface area contributed by atoms with Gasteiger partial charge in [-0.05, 0) is 24.5 Å². The van der Waals surface area contributed by atoms with Crippen molar-refractivity contribution in [1.29, 1.82) is 0 Å². The zero-order chi connectivity index (χ0) is 11.7. The predicted octanol–water partition coefficient (Wildman–Crippen LogP) is 0.945. The van der Waals surface area contributed by atoms with E-state index in [9.17, 15) is 0 Å². The normalized spacial score (nSPS) is 30.4. The average Bonchev–Trinajstić information content (AvgIpc) is 3.23. The third-order valence-electron chi connectivity index (χ3n) is 3.67. The van der Waals surface area contributed by atoms with Gasteiger partial charge in [0.05, 0.1) is 18.8 Å². The van der Waals surface area contributed by atoms with Crippen LogP contribution in [0.2, 0.25) is 0 Å². The molecule has 4 heteroatoms. The van der Waals surface area contributed by atoms with E-state index in [-0.39, 0.29) is 12.1 Å². The number of nitrogens with two attached hydrogens (primary N) is 1. The molecule has 3 rings (SSSR count). The first-order valence-electron chi connectivity index (χ1n) is 6.37. The average molecular weight is 233 g/mol. The van der Waals surface area contributed by atoms with Crippen molar-refractivity contribution in [2.75, 3.05) is 19.7 Å². The molecule has 2 unspecified atom stereocenters. The summed E-state index contributed by atoms with van der Waals surface area (Å²) >= 11 is 0. The van der Waals surface area contributed by atoms with Crippen LogP contribution in [0.4, 0.5) is 0 Å². The van der Waals surface area contributed by atoms with Crippen LogP contribution in [0.5, 0.6) is 0 Å². The Morgan fingerprint density at radius 1 is 1.47 bits per heavy atom. The predicted molar refractivity (Wildman–Crippen MR) is 65.5 cm³/mol. The number of aromatic nitrogens is 1. The highest BCUT2D eigenvalue weighted by molar-refractivity contribution is 5.18. The Labute approximate surface area is 102 Å². The first-order valence-corrected chi connectivity index (χ1v) is 6.37. The highest BCUT2D eigenvalue weighted by atomic mass is 16.5. The molecule has 2 heterocycles. The summed E-state index contributed by atoms with van der Waals surface area (Å²) in [6.45, 7) is 2.39. The third kappa shape index (κ3) is 2.20. The Hall–Kier alpha value is -0.970. The van der Waals surface area contributed by atoms with Crippen molar-refractivity contribution in [2.24, 2.45) is 5.73 Å². The van der Waals surface area contributed by atoms with Gasteiger partial charge in [0.1, 0.15) is 0 Å². The van der Waals surface area contributed by atoms with E-state index in [1.807, 2.05) is 18.5 Å². The molecule has 1 aromatic rings. The Morgan fingerprint density at radius 2 is 2.35 bits per heavy atom. The Balaban J connectivity index is 1.88. The molecule has 2 atom stereocenters. The van der Waals surface area contributed by atoms with E-state index in [1.165, 1.54) is 18.4 Å². The van der Waals surface area contributed by atoms with Gasteiger partial charge in [-0.25, -0.2) is 0 Å². The highest BCUT2D eigenvalue weighted by Gasteiger charge is 2.40. The minimum Gasteiger partial charge on any atom is -0.374 e. The van der Waals surface area contributed by atoms with Crippen molar-refractivity contribution in [3.05, 3.63) is 30.1 Å². The third-order valence-corrected chi connectivity index (χ3v) is 3.67. The monoisotopic (exact) mass is 233 g/mol. The summed E-state index contributed by atoms with van der Waals surface area (Å²) in [4.78, 5) is 6.77. The summed E-state index contributed by atoms with van der Waals surface area (Å²) in [7, 11) is 0. The number of ether oxygens (including phenoxy) is 1. The largest absolute Gasteiger partial charge is 0.374 e. The molecule has 0 radical (unpaired) electrons. The van der Waals surface area contributed by atoms with Gasteiger partial charge in [0.15, 0.2) is 0 Å². The van der Waals surface area contributed by atoms with E-state index in [0.29, 0.717) is 6.54 Å². The van der Waals surface area contributed by atoms with E-state index in [2.05, 4.69) is 16.0 Å². The molecule has 92 valence electrons. The summed E-state index contributed by atoms with van der Waals surface area (Å²) in [6.07, 6.45) is 6.49. The minimum absolute atomic E-state index is 0.105. The quantitative estimate of drug-likeness (QED) is 0.844. The van der Waals surface area contributed by atoms with Crippen LogP contribution in [0.25, 0.3) is 0 Å². The lowest BCUT2D eigenvalue weighted by molar-refractivity contribution is -0.0713. The van der Waals surface area contributed by atoms with Crippen molar-refractivity contribution in [3.8, 4) is 0 Å². The van der Waals surface area contributed by atoms with E-state index in [4.69, 9.17) is 10.5 Å². The SMILES string of the molecule is NCC1OCCN(C2CC2)C1c1cccnc1. The molecule has 2 N–H and O–H groups in total. The molecule has 0 spiro atoms. The molecular weight excluding hydrogens is 214 g/mol. The molecule has 1 aromatic heterocycles. The van der Waals surface area contributed by atoms with Crippen molar-refractivity contribution >= 4 is 0 Å². The van der Waals surface area contributed by atoms with Crippen LogP contribution >= 0.6 is 0 Å². The Kier molecular flexibility index (Phi) is 3.09. The fraction of sp³-hybridized carbons (Fsp3) is 0.615. The zero-order valence-corrected chi connectivity index (χ0v) is 9.96. The molecule has 1 saturated carbocycles. The number of rotatable bonds is 3. The van der Waals surface area contributed by atoms with Crippen LogP contribution in [0.3, 0.4) is 0 Å². The van der Waals surface area contributed by atoms with Gasteiger partial charge in [0.25, 0.3) is 0 Å². The summed E-state index contributed by atoms with van der Waals surface area (Å²) in [5, 5.41) is 0. The van der Waals surface area contributed by atoms with Crippen LogP contribution in [-0.2, 0) is 4.74 Å². The molecule has 1 saturated heterocycles. The Bertz CT molecular complexity index is 366. The molecule has 0 bridgehead atoms. The second-order valence-electron chi connectivity index (χ2n) is 4.85. The number of nitrogens with zero attached hydrogens (tertiary/aromatic N) is 2. The maximum Gasteiger partial charge on any atom is 0.0895 e. The zero-order valence-electron chi connectivity index (χ0n) is 9.96. The first kappa shape index (κ1) is 11.1. The van der Waals surface area contributed by atoms with Gasteiger partial charge in [0, 0.05) is 31.5 Å². The van der Waals surface area contributed by atoms with Crippen molar-refractivity contribution in [3.63, 3.8) is 0 Å². The van der Waals surface area contributed by atoms with Crippen LogP contribution in [-0.4, -0.2) is 41.7 Å². The van der Waals surface area contributed by atoms with Gasteiger partial charge in [0.2, 0.25) is 0 Å². The first-order chi connectivity index (χ1) is 8.40. The van der Waals surface area contributed by atoms with Crippen molar-refractivity contribution < 1.29 is 4.74 Å². The maximum atomic E-state index is 5.84. The number of hydrogen-bond donors (Lipinski definition) is 1. The van der Waals surface area contributed by atoms with Gasteiger partial charge in [-0.2, -0.15) is 0 Å². The van der Waals surface area contributed by atoms with Gasteiger partial charge in [-0.15, -0.1) is 0 Å². The minimum atomic E-state index is 0.105. The fourth-order valence-corrected chi connectivity index (χ4v) is 2.72. The van der Waals surface area contributed by atoms with E-state index < -0.39 is 0 Å². The number of pyridine rings is 1. The fourth-order valence-electron chi connectivity index (χ4n) is 2.72. The standard InChI is InChI=1S/C13H19N3O/c14-8-12-13(10-2-1-5-15-9-10)16(6-7-17-12)11-3-4-11/h1-2,5,9,11-13H,3-4,6-8,14H2. The van der Waals surface area contributed by atoms with Gasteiger partial charge >= 0.3 is 0 Å². The summed E-state index contributed by atoms with van der Waals surface area (Å²) < 4.78 is 5.81.